The molecule has 4 nitrogen and oxygen atoms in total. The lowest BCUT2D eigenvalue weighted by Crippen LogP contribution is -2.69. The molecule has 0 aromatic heterocycles. The predicted molar refractivity (Wildman–Crippen MR) is 61.7 cm³/mol. The summed E-state index contributed by atoms with van der Waals surface area (Å²) in [7, 11) is 7.13. The molecule has 80 valence electrons. The zero-order chi connectivity index (χ0) is 10.3. The molecule has 0 bridgehead atoms. The Bertz CT molecular complexity index is 127. The van der Waals surface area contributed by atoms with Gasteiger partial charge in [-0.3, -0.25) is 15.5 Å². The molecule has 13 heavy (non-hydrogen) atoms. The van der Waals surface area contributed by atoms with E-state index in [1.807, 2.05) is 14.1 Å². The quantitative estimate of drug-likeness (QED) is 0.341. The molecule has 0 aliphatic rings. The third-order valence-electron chi connectivity index (χ3n) is 2.47. The summed E-state index contributed by atoms with van der Waals surface area (Å²) in [5, 5.41) is 6.65. The first-order valence-electron chi connectivity index (χ1n) is 4.90. The van der Waals surface area contributed by atoms with Crippen molar-refractivity contribution < 1.29 is 0 Å². The molecule has 0 saturated heterocycles. The molecule has 0 unspecified atom stereocenters. The largest absolute Gasteiger partial charge is 0.341 e. The number of nitrogens with zero attached hydrogens (tertiary/aromatic N) is 1. The van der Waals surface area contributed by atoms with Crippen LogP contribution in [0.2, 0.25) is 0 Å². The van der Waals surface area contributed by atoms with E-state index >= 15 is 0 Å². The summed E-state index contributed by atoms with van der Waals surface area (Å²) in [6, 6.07) is 0. The minimum Gasteiger partial charge on any atom is -0.341 e. The van der Waals surface area contributed by atoms with E-state index < -0.39 is 0 Å². The zero-order valence-electron chi connectivity index (χ0n) is 9.57. The average Bonchev–Trinajstić information content (AvgIpc) is 2.14. The van der Waals surface area contributed by atoms with Crippen molar-refractivity contribution in [3.05, 3.63) is 0 Å². The highest BCUT2D eigenvalue weighted by Gasteiger charge is 2.29. The maximum atomic E-state index is 3.33. The van der Waals surface area contributed by atoms with E-state index in [1.165, 1.54) is 6.42 Å². The Labute approximate surface area is 85.0 Å². The molecule has 0 rings (SSSR count). The van der Waals surface area contributed by atoms with Gasteiger partial charge in [0.1, 0.15) is 5.79 Å². The molecule has 0 amide bonds. The van der Waals surface area contributed by atoms with E-state index in [0.29, 0.717) is 0 Å². The van der Waals surface area contributed by atoms with Gasteiger partial charge in [-0.2, -0.15) is 0 Å². The maximum absolute atomic E-state index is 3.33. The summed E-state index contributed by atoms with van der Waals surface area (Å²) in [5.74, 6) is -0.0994. The highest BCUT2D eigenvalue weighted by Crippen LogP contribution is 2.04. The standard InChI is InChI=1S/C8H24N4Si/c1-5-6-12(4)8(9-2,10-3)7-11-13/h9-11H,5-7H2,1-4,13H3. The van der Waals surface area contributed by atoms with Gasteiger partial charge in [0.15, 0.2) is 0 Å². The highest BCUT2D eigenvalue weighted by molar-refractivity contribution is 6.04. The molecule has 0 radical (unpaired) electrons. The van der Waals surface area contributed by atoms with Crippen LogP contribution >= 0.6 is 0 Å². The van der Waals surface area contributed by atoms with Crippen molar-refractivity contribution in [3.63, 3.8) is 0 Å². The second kappa shape index (κ2) is 6.50. The minimum absolute atomic E-state index is 0.0994. The Morgan fingerprint density at radius 3 is 2.15 bits per heavy atom. The molecule has 0 saturated carbocycles. The first kappa shape index (κ1) is 13.1. The van der Waals surface area contributed by atoms with Gasteiger partial charge in [0.05, 0.1) is 10.4 Å². The van der Waals surface area contributed by atoms with Crippen LogP contribution in [0.25, 0.3) is 0 Å². The Morgan fingerprint density at radius 1 is 1.31 bits per heavy atom. The van der Waals surface area contributed by atoms with Crippen molar-refractivity contribution >= 4 is 10.4 Å². The second-order valence-corrected chi connectivity index (χ2v) is 4.02. The van der Waals surface area contributed by atoms with E-state index in [-0.39, 0.29) is 5.79 Å². The number of likely N-dealkylation sites (N-methyl/N-ethyl adjacent to an activating group) is 3. The molecule has 3 N–H and O–H groups in total. The highest BCUT2D eigenvalue weighted by atomic mass is 28.2. The molecule has 0 heterocycles. The summed E-state index contributed by atoms with van der Waals surface area (Å²) in [5.41, 5.74) is 0. The molecule has 0 aliphatic heterocycles. The van der Waals surface area contributed by atoms with E-state index in [9.17, 15) is 0 Å². The third-order valence-corrected chi connectivity index (χ3v) is 2.82. The normalized spacial score (nSPS) is 12.7. The molecule has 0 atom stereocenters. The summed E-state index contributed by atoms with van der Waals surface area (Å²) in [4.78, 5) is 5.63. The van der Waals surface area contributed by atoms with Gasteiger partial charge in [-0.05, 0) is 27.6 Å². The molecule has 5 heteroatoms. The Hall–Kier alpha value is 0.0569. The lowest BCUT2D eigenvalue weighted by atomic mass is 10.2. The predicted octanol–water partition coefficient (Wildman–Crippen LogP) is -1.71. The van der Waals surface area contributed by atoms with Crippen LogP contribution in [0.1, 0.15) is 13.3 Å². The molecular weight excluding hydrogens is 180 g/mol. The van der Waals surface area contributed by atoms with E-state index in [0.717, 1.165) is 23.5 Å². The minimum atomic E-state index is -0.0994. The molecular formula is C8H24N4Si. The van der Waals surface area contributed by atoms with Gasteiger partial charge in [0.25, 0.3) is 0 Å². The summed E-state index contributed by atoms with van der Waals surface area (Å²) in [6.07, 6.45) is 1.17. The van der Waals surface area contributed by atoms with Crippen LogP contribution in [0.4, 0.5) is 0 Å². The summed E-state index contributed by atoms with van der Waals surface area (Å²) in [6.45, 7) is 4.22. The van der Waals surface area contributed by atoms with Crippen molar-refractivity contribution in [1.29, 1.82) is 0 Å². The number of hydrogen-bond acceptors (Lipinski definition) is 4. The Morgan fingerprint density at radius 2 is 1.85 bits per heavy atom. The monoisotopic (exact) mass is 204 g/mol. The van der Waals surface area contributed by atoms with Gasteiger partial charge in [-0.15, -0.1) is 0 Å². The zero-order valence-corrected chi connectivity index (χ0v) is 11.6. The van der Waals surface area contributed by atoms with Crippen molar-refractivity contribution in [2.45, 2.75) is 19.1 Å². The smallest absolute Gasteiger partial charge is 0.137 e. The summed E-state index contributed by atoms with van der Waals surface area (Å²) < 4.78 is 0. The van der Waals surface area contributed by atoms with Gasteiger partial charge in [-0.25, -0.2) is 0 Å². The average molecular weight is 204 g/mol. The van der Waals surface area contributed by atoms with Crippen LogP contribution in [-0.2, 0) is 0 Å². The lowest BCUT2D eigenvalue weighted by Gasteiger charge is -2.41. The van der Waals surface area contributed by atoms with Crippen molar-refractivity contribution in [2.75, 3.05) is 34.2 Å². The first-order valence-corrected chi connectivity index (χ1v) is 5.90. The van der Waals surface area contributed by atoms with Gasteiger partial charge in [0, 0.05) is 13.1 Å². The van der Waals surface area contributed by atoms with Gasteiger partial charge < -0.3 is 4.98 Å². The van der Waals surface area contributed by atoms with Crippen LogP contribution in [0, 0.1) is 0 Å². The summed E-state index contributed by atoms with van der Waals surface area (Å²) >= 11 is 0. The van der Waals surface area contributed by atoms with Crippen LogP contribution in [0.5, 0.6) is 0 Å². The van der Waals surface area contributed by atoms with E-state index in [1.54, 1.807) is 0 Å². The SMILES string of the molecule is CCCN(C)C(CN[SiH3])(NC)NC. The molecule has 0 spiro atoms. The molecule has 0 aliphatic carbocycles. The van der Waals surface area contributed by atoms with Gasteiger partial charge in [0.2, 0.25) is 0 Å². The molecule has 0 fully saturated rings. The number of nitrogens with one attached hydrogen (secondary N) is 3. The molecule has 0 aromatic rings. The van der Waals surface area contributed by atoms with Crippen molar-refractivity contribution in [3.8, 4) is 0 Å². The third kappa shape index (κ3) is 3.36. The number of rotatable bonds is 7. The van der Waals surface area contributed by atoms with Crippen molar-refractivity contribution in [2.24, 2.45) is 0 Å². The Balaban J connectivity index is 4.33. The second-order valence-electron chi connectivity index (χ2n) is 3.31. The fourth-order valence-electron chi connectivity index (χ4n) is 1.60. The van der Waals surface area contributed by atoms with Crippen LogP contribution in [-0.4, -0.2) is 55.3 Å². The fourth-order valence-corrected chi connectivity index (χ4v) is 2.11. The van der Waals surface area contributed by atoms with Gasteiger partial charge >= 0.3 is 0 Å². The van der Waals surface area contributed by atoms with Gasteiger partial charge in [-0.1, -0.05) is 6.92 Å². The van der Waals surface area contributed by atoms with Crippen LogP contribution < -0.4 is 15.6 Å². The fraction of sp³-hybridized carbons (Fsp3) is 1.00. The first-order chi connectivity index (χ1) is 6.16. The molecule has 0 aromatic carbocycles. The lowest BCUT2D eigenvalue weighted by molar-refractivity contribution is 0.0653. The van der Waals surface area contributed by atoms with Crippen LogP contribution in [0.15, 0.2) is 0 Å². The van der Waals surface area contributed by atoms with Crippen molar-refractivity contribution in [1.82, 2.24) is 20.5 Å². The Kier molecular flexibility index (Phi) is 6.53. The van der Waals surface area contributed by atoms with E-state index in [4.69, 9.17) is 0 Å². The maximum Gasteiger partial charge on any atom is 0.137 e. The number of hydrogen-bond donors (Lipinski definition) is 3. The van der Waals surface area contributed by atoms with E-state index in [2.05, 4.69) is 34.5 Å². The topological polar surface area (TPSA) is 39.3 Å². The van der Waals surface area contributed by atoms with Crippen LogP contribution in [0.3, 0.4) is 0 Å².